The molecule has 3 rings (SSSR count). The molecule has 0 spiro atoms. The zero-order valence-electron chi connectivity index (χ0n) is 16.3. The van der Waals surface area contributed by atoms with E-state index < -0.39 is 0 Å². The molecule has 136 valence electrons. The van der Waals surface area contributed by atoms with Crippen LogP contribution in [0.5, 0.6) is 0 Å². The van der Waals surface area contributed by atoms with Gasteiger partial charge in [-0.2, -0.15) is 0 Å². The normalized spacial score (nSPS) is 15.9. The number of benzene rings is 2. The number of fused-ring (bicyclic) bond motifs is 1. The Kier molecular flexibility index (Phi) is 4.99. The van der Waals surface area contributed by atoms with Crippen LogP contribution in [0.4, 0.5) is 15.8 Å². The molecule has 26 heavy (non-hydrogen) atoms. The summed E-state index contributed by atoms with van der Waals surface area (Å²) in [7, 11) is 0. The van der Waals surface area contributed by atoms with Crippen molar-refractivity contribution in [2.45, 2.75) is 46.6 Å². The van der Waals surface area contributed by atoms with E-state index in [1.165, 1.54) is 22.9 Å². The van der Waals surface area contributed by atoms with Gasteiger partial charge in [0.05, 0.1) is 11.2 Å². The minimum Gasteiger partial charge on any atom is -0.362 e. The molecular formula is C23H27FN2. The highest BCUT2D eigenvalue weighted by molar-refractivity contribution is 5.88. The van der Waals surface area contributed by atoms with Crippen molar-refractivity contribution in [1.29, 1.82) is 0 Å². The maximum absolute atomic E-state index is 13.4. The van der Waals surface area contributed by atoms with Crippen molar-refractivity contribution in [1.82, 2.24) is 0 Å². The predicted octanol–water partition coefficient (Wildman–Crippen LogP) is 6.30. The Hall–Kier alpha value is -2.42. The van der Waals surface area contributed by atoms with Gasteiger partial charge in [0.25, 0.3) is 0 Å². The van der Waals surface area contributed by atoms with Gasteiger partial charge in [-0.25, -0.2) is 4.39 Å². The molecule has 0 N–H and O–H groups in total. The van der Waals surface area contributed by atoms with Gasteiger partial charge in [0.1, 0.15) is 5.82 Å². The van der Waals surface area contributed by atoms with E-state index in [9.17, 15) is 4.39 Å². The van der Waals surface area contributed by atoms with E-state index >= 15 is 0 Å². The van der Waals surface area contributed by atoms with Crippen LogP contribution in [0.25, 0.3) is 5.57 Å². The van der Waals surface area contributed by atoms with E-state index in [4.69, 9.17) is 0 Å². The lowest BCUT2D eigenvalue weighted by Crippen LogP contribution is -2.45. The minimum absolute atomic E-state index is 0.0222. The molecule has 1 heterocycles. The van der Waals surface area contributed by atoms with E-state index in [0.29, 0.717) is 5.56 Å². The molecule has 1 aliphatic rings. The molecule has 0 amide bonds. The molecular weight excluding hydrogens is 323 g/mol. The van der Waals surface area contributed by atoms with Crippen LogP contribution in [0.3, 0.4) is 0 Å². The van der Waals surface area contributed by atoms with Crippen molar-refractivity contribution in [3.8, 4) is 0 Å². The molecule has 2 nitrogen and oxygen atoms in total. The van der Waals surface area contributed by atoms with E-state index in [0.717, 1.165) is 24.2 Å². The Morgan fingerprint density at radius 2 is 1.88 bits per heavy atom. The SMILES string of the molecule is CCCN1c2ccc(C=Nc3ccc(F)c(C)c3)cc2C(C)=CC1(C)C. The van der Waals surface area contributed by atoms with E-state index in [-0.39, 0.29) is 11.4 Å². The minimum atomic E-state index is -0.197. The van der Waals surface area contributed by atoms with Gasteiger partial charge in [-0.05, 0) is 81.1 Å². The topological polar surface area (TPSA) is 15.6 Å². The summed E-state index contributed by atoms with van der Waals surface area (Å²) in [6, 6.07) is 11.4. The fourth-order valence-corrected chi connectivity index (χ4v) is 3.67. The van der Waals surface area contributed by atoms with Crippen LogP contribution in [-0.4, -0.2) is 18.3 Å². The number of anilines is 1. The van der Waals surface area contributed by atoms with Crippen LogP contribution in [0.1, 0.15) is 50.8 Å². The van der Waals surface area contributed by atoms with E-state index in [2.05, 4.69) is 61.9 Å². The van der Waals surface area contributed by atoms with Crippen LogP contribution < -0.4 is 4.90 Å². The van der Waals surface area contributed by atoms with Crippen molar-refractivity contribution < 1.29 is 4.39 Å². The zero-order chi connectivity index (χ0) is 18.9. The Morgan fingerprint density at radius 3 is 2.58 bits per heavy atom. The summed E-state index contributed by atoms with van der Waals surface area (Å²) >= 11 is 0. The molecule has 0 saturated heterocycles. The Balaban J connectivity index is 1.94. The molecule has 2 aromatic rings. The third-order valence-corrected chi connectivity index (χ3v) is 4.95. The fourth-order valence-electron chi connectivity index (χ4n) is 3.67. The summed E-state index contributed by atoms with van der Waals surface area (Å²) < 4.78 is 13.4. The highest BCUT2D eigenvalue weighted by Crippen LogP contribution is 2.39. The third kappa shape index (κ3) is 3.57. The van der Waals surface area contributed by atoms with E-state index in [1.54, 1.807) is 19.1 Å². The first-order valence-corrected chi connectivity index (χ1v) is 9.23. The van der Waals surface area contributed by atoms with Crippen LogP contribution in [-0.2, 0) is 0 Å². The Labute approximate surface area is 156 Å². The van der Waals surface area contributed by atoms with Crippen LogP contribution in [0.2, 0.25) is 0 Å². The second kappa shape index (κ2) is 7.06. The smallest absolute Gasteiger partial charge is 0.126 e. The molecule has 0 aromatic heterocycles. The summed E-state index contributed by atoms with van der Waals surface area (Å²) in [5.74, 6) is -0.197. The lowest BCUT2D eigenvalue weighted by atomic mass is 9.88. The Morgan fingerprint density at radius 1 is 1.12 bits per heavy atom. The number of hydrogen-bond donors (Lipinski definition) is 0. The summed E-state index contributed by atoms with van der Waals surface area (Å²) in [5.41, 5.74) is 6.29. The van der Waals surface area contributed by atoms with Gasteiger partial charge in [0.15, 0.2) is 0 Å². The molecule has 0 unspecified atom stereocenters. The number of halogens is 1. The number of hydrogen-bond acceptors (Lipinski definition) is 2. The quantitative estimate of drug-likeness (QED) is 0.591. The largest absolute Gasteiger partial charge is 0.362 e. The monoisotopic (exact) mass is 350 g/mol. The molecule has 0 atom stereocenters. The third-order valence-electron chi connectivity index (χ3n) is 4.95. The fraction of sp³-hybridized carbons (Fsp3) is 0.348. The van der Waals surface area contributed by atoms with Gasteiger partial charge in [0, 0.05) is 24.0 Å². The molecule has 0 radical (unpaired) electrons. The number of aryl methyl sites for hydroxylation is 1. The van der Waals surface area contributed by atoms with Crippen LogP contribution in [0.15, 0.2) is 47.5 Å². The summed E-state index contributed by atoms with van der Waals surface area (Å²) in [6.45, 7) is 11.7. The first kappa shape index (κ1) is 18.4. The van der Waals surface area contributed by atoms with Gasteiger partial charge in [-0.15, -0.1) is 0 Å². The van der Waals surface area contributed by atoms with Crippen molar-refractivity contribution in [2.24, 2.45) is 4.99 Å². The highest BCUT2D eigenvalue weighted by Gasteiger charge is 2.30. The standard InChI is InChI=1S/C23H27FN2/c1-6-11-26-22-10-7-18(13-20(22)17(3)14-23(26,4)5)15-25-19-8-9-21(24)16(2)12-19/h7-10,12-15H,6,11H2,1-5H3. The van der Waals surface area contributed by atoms with Crippen LogP contribution >= 0.6 is 0 Å². The van der Waals surface area contributed by atoms with Gasteiger partial charge in [0.2, 0.25) is 0 Å². The molecule has 0 fully saturated rings. The lowest BCUT2D eigenvalue weighted by Gasteiger charge is -2.43. The zero-order valence-corrected chi connectivity index (χ0v) is 16.3. The second-order valence-electron chi connectivity index (χ2n) is 7.60. The first-order chi connectivity index (χ1) is 12.3. The van der Waals surface area contributed by atoms with Crippen molar-refractivity contribution in [3.63, 3.8) is 0 Å². The van der Waals surface area contributed by atoms with Gasteiger partial charge >= 0.3 is 0 Å². The van der Waals surface area contributed by atoms with Gasteiger partial charge in [-0.1, -0.05) is 19.1 Å². The number of rotatable bonds is 4. The number of nitrogens with zero attached hydrogens (tertiary/aromatic N) is 2. The van der Waals surface area contributed by atoms with Crippen LogP contribution in [0, 0.1) is 12.7 Å². The maximum atomic E-state index is 13.4. The molecule has 0 aliphatic carbocycles. The maximum Gasteiger partial charge on any atom is 0.126 e. The lowest BCUT2D eigenvalue weighted by molar-refractivity contribution is 0.550. The predicted molar refractivity (Wildman–Crippen MR) is 110 cm³/mol. The van der Waals surface area contributed by atoms with Crippen molar-refractivity contribution >= 4 is 23.2 Å². The average molecular weight is 350 g/mol. The van der Waals surface area contributed by atoms with Gasteiger partial charge < -0.3 is 4.90 Å². The highest BCUT2D eigenvalue weighted by atomic mass is 19.1. The van der Waals surface area contributed by atoms with Gasteiger partial charge in [-0.3, -0.25) is 4.99 Å². The molecule has 0 saturated carbocycles. The Bertz CT molecular complexity index is 878. The summed E-state index contributed by atoms with van der Waals surface area (Å²) in [5, 5.41) is 0. The number of allylic oxidation sites excluding steroid dienone is 1. The number of aliphatic imine (C=N–C) groups is 1. The van der Waals surface area contributed by atoms with Crippen molar-refractivity contribution in [3.05, 3.63) is 65.0 Å². The van der Waals surface area contributed by atoms with Crippen molar-refractivity contribution in [2.75, 3.05) is 11.4 Å². The molecule has 0 bridgehead atoms. The first-order valence-electron chi connectivity index (χ1n) is 9.23. The molecule has 2 aromatic carbocycles. The second-order valence-corrected chi connectivity index (χ2v) is 7.60. The summed E-state index contributed by atoms with van der Waals surface area (Å²) in [4.78, 5) is 6.98. The summed E-state index contributed by atoms with van der Waals surface area (Å²) in [6.07, 6.45) is 5.31. The average Bonchev–Trinajstić information content (AvgIpc) is 2.59. The van der Waals surface area contributed by atoms with E-state index in [1.807, 2.05) is 6.21 Å². The molecule has 1 aliphatic heterocycles. The molecule has 3 heteroatoms.